The molecule has 0 radical (unpaired) electrons. The van der Waals surface area contributed by atoms with Crippen molar-refractivity contribution < 1.29 is 37.3 Å². The molecule has 0 fully saturated rings. The SMILES string of the molecule is CCOC(=O)c1cccc(Oc2ccc3c(c2)S(=O)(=O)N(C(=O)O)CCO3)c1. The highest BCUT2D eigenvalue weighted by atomic mass is 32.2. The van der Waals surface area contributed by atoms with Crippen molar-refractivity contribution >= 4 is 22.1 Å². The Bertz CT molecular complexity index is 1020. The highest BCUT2D eigenvalue weighted by Gasteiger charge is 2.34. The van der Waals surface area contributed by atoms with Gasteiger partial charge in [-0.15, -0.1) is 0 Å². The minimum atomic E-state index is -4.31. The van der Waals surface area contributed by atoms with Crippen molar-refractivity contribution in [3.63, 3.8) is 0 Å². The molecule has 0 aliphatic carbocycles. The summed E-state index contributed by atoms with van der Waals surface area (Å²) in [7, 11) is -4.31. The van der Waals surface area contributed by atoms with Gasteiger partial charge in [0, 0.05) is 6.07 Å². The van der Waals surface area contributed by atoms with Crippen LogP contribution in [0.3, 0.4) is 0 Å². The molecule has 0 aromatic heterocycles. The van der Waals surface area contributed by atoms with E-state index in [-0.39, 0.29) is 47.5 Å². The van der Waals surface area contributed by atoms with E-state index >= 15 is 0 Å². The molecule has 0 atom stereocenters. The molecule has 1 aliphatic rings. The van der Waals surface area contributed by atoms with Crippen LogP contribution in [-0.4, -0.2) is 49.7 Å². The van der Waals surface area contributed by atoms with Crippen LogP contribution >= 0.6 is 0 Å². The van der Waals surface area contributed by atoms with Gasteiger partial charge in [0.05, 0.1) is 18.7 Å². The third-order valence-electron chi connectivity index (χ3n) is 3.83. The summed E-state index contributed by atoms with van der Waals surface area (Å²) in [6, 6.07) is 10.3. The van der Waals surface area contributed by atoms with Crippen molar-refractivity contribution in [3.8, 4) is 17.2 Å². The van der Waals surface area contributed by atoms with Crippen LogP contribution in [-0.2, 0) is 14.8 Å². The summed E-state index contributed by atoms with van der Waals surface area (Å²) in [5.74, 6) is -0.0500. The Kier molecular flexibility index (Phi) is 5.41. The largest absolute Gasteiger partial charge is 0.490 e. The fourth-order valence-electron chi connectivity index (χ4n) is 2.59. The molecular formula is C18H17NO8S. The van der Waals surface area contributed by atoms with Crippen LogP contribution in [0.2, 0.25) is 0 Å². The summed E-state index contributed by atoms with van der Waals surface area (Å²) in [5.41, 5.74) is 0.280. The second-order valence-corrected chi connectivity index (χ2v) is 7.50. The van der Waals surface area contributed by atoms with Gasteiger partial charge in [-0.05, 0) is 37.3 Å². The zero-order chi connectivity index (χ0) is 20.3. The van der Waals surface area contributed by atoms with Crippen LogP contribution in [0.4, 0.5) is 4.79 Å². The Hall–Kier alpha value is -3.27. The molecule has 0 unspecified atom stereocenters. The van der Waals surface area contributed by atoms with Crippen LogP contribution < -0.4 is 9.47 Å². The Morgan fingerprint density at radius 3 is 2.64 bits per heavy atom. The number of carbonyl (C=O) groups excluding carboxylic acids is 1. The molecule has 0 saturated carbocycles. The number of esters is 1. The molecule has 9 nitrogen and oxygen atoms in total. The maximum atomic E-state index is 12.6. The number of amides is 1. The van der Waals surface area contributed by atoms with E-state index in [9.17, 15) is 23.1 Å². The first kappa shape index (κ1) is 19.5. The number of carbonyl (C=O) groups is 2. The number of benzene rings is 2. The van der Waals surface area contributed by atoms with Crippen LogP contribution in [0, 0.1) is 0 Å². The maximum Gasteiger partial charge on any atom is 0.421 e. The maximum absolute atomic E-state index is 12.6. The summed E-state index contributed by atoms with van der Waals surface area (Å²) in [5, 5.41) is 9.17. The van der Waals surface area contributed by atoms with Gasteiger partial charge in [0.25, 0.3) is 10.0 Å². The smallest absolute Gasteiger partial charge is 0.421 e. The van der Waals surface area contributed by atoms with Crippen LogP contribution in [0.1, 0.15) is 17.3 Å². The van der Waals surface area contributed by atoms with E-state index in [1.807, 2.05) is 0 Å². The van der Waals surface area contributed by atoms with Gasteiger partial charge in [0.1, 0.15) is 28.8 Å². The van der Waals surface area contributed by atoms with Crippen LogP contribution in [0.15, 0.2) is 47.4 Å². The number of fused-ring (bicyclic) bond motifs is 1. The molecule has 0 bridgehead atoms. The molecule has 1 heterocycles. The Labute approximate surface area is 161 Å². The van der Waals surface area contributed by atoms with Gasteiger partial charge in [-0.2, -0.15) is 4.31 Å². The van der Waals surface area contributed by atoms with E-state index in [1.165, 1.54) is 24.3 Å². The average molecular weight is 407 g/mol. The zero-order valence-electron chi connectivity index (χ0n) is 14.8. The lowest BCUT2D eigenvalue weighted by Gasteiger charge is -2.16. The first-order valence-electron chi connectivity index (χ1n) is 8.30. The molecular weight excluding hydrogens is 390 g/mol. The minimum Gasteiger partial charge on any atom is -0.490 e. The summed E-state index contributed by atoms with van der Waals surface area (Å²) < 4.78 is 41.5. The number of hydrogen-bond acceptors (Lipinski definition) is 7. The van der Waals surface area contributed by atoms with Gasteiger partial charge in [-0.25, -0.2) is 18.0 Å². The Balaban J connectivity index is 1.93. The molecule has 1 aliphatic heterocycles. The fourth-order valence-corrected chi connectivity index (χ4v) is 3.99. The van der Waals surface area contributed by atoms with Crippen molar-refractivity contribution in [1.82, 2.24) is 4.31 Å². The molecule has 148 valence electrons. The molecule has 1 amide bonds. The second kappa shape index (κ2) is 7.77. The van der Waals surface area contributed by atoms with Gasteiger partial charge in [0.2, 0.25) is 0 Å². The predicted octanol–water partition coefficient (Wildman–Crippen LogP) is 2.72. The second-order valence-electron chi connectivity index (χ2n) is 5.67. The average Bonchev–Trinajstić information content (AvgIpc) is 2.78. The molecule has 2 aromatic carbocycles. The Morgan fingerprint density at radius 2 is 1.93 bits per heavy atom. The summed E-state index contributed by atoms with van der Waals surface area (Å²) in [6.07, 6.45) is -1.59. The molecule has 28 heavy (non-hydrogen) atoms. The first-order valence-corrected chi connectivity index (χ1v) is 9.74. The van der Waals surface area contributed by atoms with E-state index in [0.717, 1.165) is 0 Å². The van der Waals surface area contributed by atoms with Crippen LogP contribution in [0.5, 0.6) is 17.2 Å². The lowest BCUT2D eigenvalue weighted by molar-refractivity contribution is 0.0526. The van der Waals surface area contributed by atoms with Gasteiger partial charge < -0.3 is 19.3 Å². The highest BCUT2D eigenvalue weighted by molar-refractivity contribution is 7.89. The van der Waals surface area contributed by atoms with Gasteiger partial charge in [-0.3, -0.25) is 0 Å². The van der Waals surface area contributed by atoms with Crippen molar-refractivity contribution in [2.24, 2.45) is 0 Å². The van der Waals surface area contributed by atoms with Gasteiger partial charge >= 0.3 is 12.1 Å². The Morgan fingerprint density at radius 1 is 1.18 bits per heavy atom. The van der Waals surface area contributed by atoms with E-state index in [1.54, 1.807) is 25.1 Å². The fraction of sp³-hybridized carbons (Fsp3) is 0.222. The first-order chi connectivity index (χ1) is 13.3. The number of nitrogens with zero attached hydrogens (tertiary/aromatic N) is 1. The van der Waals surface area contributed by atoms with E-state index in [0.29, 0.717) is 4.31 Å². The van der Waals surface area contributed by atoms with Crippen molar-refractivity contribution in [2.75, 3.05) is 19.8 Å². The third-order valence-corrected chi connectivity index (χ3v) is 5.62. The number of sulfonamides is 1. The summed E-state index contributed by atoms with van der Waals surface area (Å²) in [6.45, 7) is 1.51. The lowest BCUT2D eigenvalue weighted by atomic mass is 10.2. The number of hydrogen-bond donors (Lipinski definition) is 1. The van der Waals surface area contributed by atoms with Crippen molar-refractivity contribution in [3.05, 3.63) is 48.0 Å². The summed E-state index contributed by atoms with van der Waals surface area (Å²) in [4.78, 5) is 22.8. The monoisotopic (exact) mass is 407 g/mol. The number of rotatable bonds is 4. The number of ether oxygens (including phenoxy) is 3. The molecule has 3 rings (SSSR count). The van der Waals surface area contributed by atoms with Gasteiger partial charge in [0.15, 0.2) is 0 Å². The third kappa shape index (κ3) is 3.86. The molecule has 10 heteroatoms. The van der Waals surface area contributed by atoms with E-state index < -0.39 is 22.1 Å². The van der Waals surface area contributed by atoms with Gasteiger partial charge in [-0.1, -0.05) is 6.07 Å². The van der Waals surface area contributed by atoms with E-state index in [2.05, 4.69) is 0 Å². The van der Waals surface area contributed by atoms with Crippen molar-refractivity contribution in [1.29, 1.82) is 0 Å². The minimum absolute atomic E-state index is 0.0383. The lowest BCUT2D eigenvalue weighted by Crippen LogP contribution is -2.36. The summed E-state index contributed by atoms with van der Waals surface area (Å²) >= 11 is 0. The van der Waals surface area contributed by atoms with Crippen molar-refractivity contribution in [2.45, 2.75) is 11.8 Å². The molecule has 0 spiro atoms. The molecule has 0 saturated heterocycles. The normalized spacial score (nSPS) is 15.0. The molecule has 1 N–H and O–H groups in total. The van der Waals surface area contributed by atoms with E-state index in [4.69, 9.17) is 14.2 Å². The predicted molar refractivity (Wildman–Crippen MR) is 96.3 cm³/mol. The van der Waals surface area contributed by atoms with Crippen LogP contribution in [0.25, 0.3) is 0 Å². The number of carboxylic acid groups (broad SMARTS) is 1. The standard InChI is InChI=1S/C18H17NO8S/c1-2-25-17(20)12-4-3-5-13(10-12)27-14-6-7-15-16(11-14)28(23,24)19(18(21)22)8-9-26-15/h3-7,10-11H,2,8-9H2,1H3,(H,21,22). The zero-order valence-corrected chi connectivity index (χ0v) is 15.6. The molecule has 2 aromatic rings. The topological polar surface area (TPSA) is 119 Å². The highest BCUT2D eigenvalue weighted by Crippen LogP contribution is 2.34. The quantitative estimate of drug-likeness (QED) is 0.769.